The fourth-order valence-electron chi connectivity index (χ4n) is 3.35. The molecule has 2 aliphatic heterocycles. The molecule has 0 bridgehead atoms. The molecule has 0 unspecified atom stereocenters. The van der Waals surface area contributed by atoms with Crippen LogP contribution < -0.4 is 10.2 Å². The van der Waals surface area contributed by atoms with Crippen molar-refractivity contribution < 1.29 is 0 Å². The van der Waals surface area contributed by atoms with Crippen LogP contribution in [0.15, 0.2) is 24.3 Å². The Labute approximate surface area is 135 Å². The van der Waals surface area contributed by atoms with E-state index in [1.807, 2.05) is 0 Å². The second-order valence-corrected chi connectivity index (χ2v) is 5.70. The number of halogens is 2. The molecule has 0 aromatic heterocycles. The van der Waals surface area contributed by atoms with Gasteiger partial charge in [-0.25, -0.2) is 0 Å². The summed E-state index contributed by atoms with van der Waals surface area (Å²) in [4.78, 5) is 2.61. The highest BCUT2D eigenvalue weighted by Gasteiger charge is 2.18. The van der Waals surface area contributed by atoms with Gasteiger partial charge in [-0.05, 0) is 62.7 Å². The molecule has 0 amide bonds. The lowest BCUT2D eigenvalue weighted by atomic mass is 9.93. The highest BCUT2D eigenvalue weighted by atomic mass is 35.5. The van der Waals surface area contributed by atoms with E-state index < -0.39 is 0 Å². The van der Waals surface area contributed by atoms with E-state index in [0.29, 0.717) is 0 Å². The number of hydrogen-bond donors (Lipinski definition) is 1. The quantitative estimate of drug-likeness (QED) is 0.915. The fourth-order valence-corrected chi connectivity index (χ4v) is 3.35. The summed E-state index contributed by atoms with van der Waals surface area (Å²) in [6.45, 7) is 4.95. The van der Waals surface area contributed by atoms with Crippen LogP contribution in [0.25, 0.3) is 0 Å². The molecule has 1 saturated heterocycles. The summed E-state index contributed by atoms with van der Waals surface area (Å²) in [5.74, 6) is 0.945. The van der Waals surface area contributed by atoms with Crippen molar-refractivity contribution in [2.45, 2.75) is 32.1 Å². The minimum absolute atomic E-state index is 0. The number of fused-ring (bicyclic) bond motifs is 1. The molecule has 2 aliphatic rings. The van der Waals surface area contributed by atoms with Crippen molar-refractivity contribution in [3.05, 3.63) is 29.8 Å². The monoisotopic (exact) mass is 316 g/mol. The van der Waals surface area contributed by atoms with Gasteiger partial charge < -0.3 is 10.2 Å². The summed E-state index contributed by atoms with van der Waals surface area (Å²) in [6.07, 6.45) is 6.70. The first-order valence-electron chi connectivity index (χ1n) is 7.47. The van der Waals surface area contributed by atoms with E-state index in [1.54, 1.807) is 5.56 Å². The Kier molecular flexibility index (Phi) is 7.71. The normalized spacial score (nSPS) is 18.7. The molecule has 0 saturated carbocycles. The summed E-state index contributed by atoms with van der Waals surface area (Å²) in [7, 11) is 0. The van der Waals surface area contributed by atoms with Gasteiger partial charge in [0.1, 0.15) is 0 Å². The fraction of sp³-hybridized carbons (Fsp3) is 0.625. The van der Waals surface area contributed by atoms with Crippen LogP contribution in [-0.4, -0.2) is 26.2 Å². The van der Waals surface area contributed by atoms with Gasteiger partial charge >= 0.3 is 0 Å². The Morgan fingerprint density at radius 3 is 2.65 bits per heavy atom. The Morgan fingerprint density at radius 1 is 1.10 bits per heavy atom. The molecule has 2 nitrogen and oxygen atoms in total. The zero-order chi connectivity index (χ0) is 12.2. The van der Waals surface area contributed by atoms with Crippen LogP contribution in [0.3, 0.4) is 0 Å². The van der Waals surface area contributed by atoms with Crippen LogP contribution in [0, 0.1) is 5.92 Å². The van der Waals surface area contributed by atoms with Crippen LogP contribution >= 0.6 is 24.8 Å². The third-order valence-electron chi connectivity index (χ3n) is 4.47. The average Bonchev–Trinajstić information content (AvgIpc) is 2.46. The maximum Gasteiger partial charge on any atom is 0.0398 e. The van der Waals surface area contributed by atoms with Crippen LogP contribution in [0.5, 0.6) is 0 Å². The van der Waals surface area contributed by atoms with Crippen LogP contribution in [0.2, 0.25) is 0 Å². The van der Waals surface area contributed by atoms with Gasteiger partial charge in [0, 0.05) is 18.8 Å². The number of hydrogen-bond acceptors (Lipinski definition) is 2. The topological polar surface area (TPSA) is 15.3 Å². The van der Waals surface area contributed by atoms with Gasteiger partial charge in [0.15, 0.2) is 0 Å². The van der Waals surface area contributed by atoms with Gasteiger partial charge in [0.25, 0.3) is 0 Å². The van der Waals surface area contributed by atoms with Gasteiger partial charge in [-0.2, -0.15) is 0 Å². The van der Waals surface area contributed by atoms with Crippen molar-refractivity contribution in [3.63, 3.8) is 0 Å². The van der Waals surface area contributed by atoms with E-state index in [9.17, 15) is 0 Å². The molecule has 2 heterocycles. The largest absolute Gasteiger partial charge is 0.371 e. The summed E-state index contributed by atoms with van der Waals surface area (Å²) in [5.41, 5.74) is 3.05. The van der Waals surface area contributed by atoms with Gasteiger partial charge in [-0.3, -0.25) is 0 Å². The first-order valence-corrected chi connectivity index (χ1v) is 7.47. The summed E-state index contributed by atoms with van der Waals surface area (Å²) < 4.78 is 0. The molecular weight excluding hydrogens is 291 g/mol. The first-order chi connectivity index (χ1) is 8.93. The molecule has 1 aromatic rings. The van der Waals surface area contributed by atoms with Crippen molar-refractivity contribution in [2.75, 3.05) is 31.1 Å². The van der Waals surface area contributed by atoms with Crippen LogP contribution in [0.1, 0.15) is 31.2 Å². The van der Waals surface area contributed by atoms with Crippen molar-refractivity contribution in [1.29, 1.82) is 0 Å². The van der Waals surface area contributed by atoms with Crippen molar-refractivity contribution in [2.24, 2.45) is 5.92 Å². The number of rotatable bonds is 3. The third-order valence-corrected chi connectivity index (χ3v) is 4.47. The molecule has 1 aromatic carbocycles. The van der Waals surface area contributed by atoms with Crippen LogP contribution in [-0.2, 0) is 6.42 Å². The van der Waals surface area contributed by atoms with Gasteiger partial charge in [-0.15, -0.1) is 24.8 Å². The number of piperidine rings is 1. The number of para-hydroxylation sites is 1. The maximum atomic E-state index is 3.45. The lowest BCUT2D eigenvalue weighted by molar-refractivity contribution is 0.354. The number of aryl methyl sites for hydroxylation is 1. The molecule has 0 aliphatic carbocycles. The van der Waals surface area contributed by atoms with Crippen molar-refractivity contribution >= 4 is 30.5 Å². The highest BCUT2D eigenvalue weighted by molar-refractivity contribution is 5.85. The predicted molar refractivity (Wildman–Crippen MR) is 91.7 cm³/mol. The van der Waals surface area contributed by atoms with Gasteiger partial charge in [-0.1, -0.05) is 18.2 Å². The second-order valence-electron chi connectivity index (χ2n) is 5.70. The molecule has 0 spiro atoms. The Bertz CT molecular complexity index is 392. The van der Waals surface area contributed by atoms with Crippen molar-refractivity contribution in [1.82, 2.24) is 5.32 Å². The minimum Gasteiger partial charge on any atom is -0.371 e. The summed E-state index contributed by atoms with van der Waals surface area (Å²) in [6, 6.07) is 8.96. The average molecular weight is 317 g/mol. The smallest absolute Gasteiger partial charge is 0.0398 e. The number of nitrogens with zero attached hydrogens (tertiary/aromatic N) is 1. The third kappa shape index (κ3) is 4.28. The zero-order valence-electron chi connectivity index (χ0n) is 12.0. The number of nitrogens with one attached hydrogen (secondary N) is 1. The van der Waals surface area contributed by atoms with Gasteiger partial charge in [0.05, 0.1) is 0 Å². The van der Waals surface area contributed by atoms with Gasteiger partial charge in [0.2, 0.25) is 0 Å². The number of anilines is 1. The van der Waals surface area contributed by atoms with Crippen molar-refractivity contribution in [3.8, 4) is 0 Å². The first kappa shape index (κ1) is 17.6. The molecule has 1 fully saturated rings. The number of benzene rings is 1. The second kappa shape index (κ2) is 8.76. The predicted octanol–water partition coefficient (Wildman–Crippen LogP) is 3.67. The van der Waals surface area contributed by atoms with E-state index in [0.717, 1.165) is 5.92 Å². The maximum absolute atomic E-state index is 3.45. The Balaban J connectivity index is 0.000001000. The van der Waals surface area contributed by atoms with E-state index in [1.165, 1.54) is 64.0 Å². The molecule has 3 rings (SSSR count). The standard InChI is InChI=1S/C16H24N2.2ClH/c1-2-6-16-15(4-1)5-3-12-18(16)13-9-14-7-10-17-11-8-14;;/h1-2,4,6,14,17H,3,5,7-13H2;2*1H. The zero-order valence-corrected chi connectivity index (χ0v) is 13.6. The molecule has 114 valence electrons. The van der Waals surface area contributed by atoms with Crippen LogP contribution in [0.4, 0.5) is 5.69 Å². The molecule has 4 heteroatoms. The Morgan fingerprint density at radius 2 is 1.85 bits per heavy atom. The van der Waals surface area contributed by atoms with E-state index in [2.05, 4.69) is 34.5 Å². The SMILES string of the molecule is Cl.Cl.c1ccc2c(c1)CCCN2CCC1CCNCC1. The summed E-state index contributed by atoms with van der Waals surface area (Å²) in [5, 5.41) is 3.45. The molecule has 1 N–H and O–H groups in total. The van der Waals surface area contributed by atoms with E-state index in [4.69, 9.17) is 0 Å². The lowest BCUT2D eigenvalue weighted by Gasteiger charge is -2.33. The molecule has 0 atom stereocenters. The minimum atomic E-state index is 0. The molecular formula is C16H26Cl2N2. The molecule has 0 radical (unpaired) electrons. The lowest BCUT2D eigenvalue weighted by Crippen LogP contribution is -2.34. The van der Waals surface area contributed by atoms with E-state index in [-0.39, 0.29) is 24.8 Å². The Hall–Kier alpha value is -0.440. The highest BCUT2D eigenvalue weighted by Crippen LogP contribution is 2.27. The van der Waals surface area contributed by atoms with E-state index >= 15 is 0 Å². The molecule has 20 heavy (non-hydrogen) atoms. The summed E-state index contributed by atoms with van der Waals surface area (Å²) >= 11 is 0.